The summed E-state index contributed by atoms with van der Waals surface area (Å²) < 4.78 is 10.7. The van der Waals surface area contributed by atoms with Gasteiger partial charge in [0.05, 0.1) is 12.2 Å². The zero-order valence-electron chi connectivity index (χ0n) is 9.83. The van der Waals surface area contributed by atoms with Crippen molar-refractivity contribution in [3.05, 3.63) is 0 Å². The van der Waals surface area contributed by atoms with Gasteiger partial charge in [-0.05, 0) is 12.8 Å². The second-order valence-corrected chi connectivity index (χ2v) is 4.52. The zero-order valence-corrected chi connectivity index (χ0v) is 9.83. The molecule has 2 heterocycles. The third-order valence-electron chi connectivity index (χ3n) is 3.43. The van der Waals surface area contributed by atoms with Gasteiger partial charge in [-0.25, -0.2) is 0 Å². The second kappa shape index (κ2) is 5.12. The Balaban J connectivity index is 1.83. The van der Waals surface area contributed by atoms with Crippen LogP contribution in [-0.4, -0.2) is 62.9 Å². The molecule has 0 bridgehead atoms. The molecule has 2 saturated heterocycles. The van der Waals surface area contributed by atoms with E-state index in [0.29, 0.717) is 0 Å². The van der Waals surface area contributed by atoms with Crippen LogP contribution in [-0.2, 0) is 14.3 Å². The van der Waals surface area contributed by atoms with Gasteiger partial charge in [-0.2, -0.15) is 0 Å². The molecule has 0 aromatic heterocycles. The Bertz CT molecular complexity index is 242. The molecule has 0 saturated carbocycles. The van der Waals surface area contributed by atoms with Gasteiger partial charge >= 0.3 is 0 Å². The first-order valence-corrected chi connectivity index (χ1v) is 5.87. The van der Waals surface area contributed by atoms with Gasteiger partial charge in [0.2, 0.25) is 5.91 Å². The van der Waals surface area contributed by atoms with E-state index in [1.807, 2.05) is 4.90 Å². The van der Waals surface area contributed by atoms with Gasteiger partial charge in [0.25, 0.3) is 0 Å². The standard InChI is InChI=1S/C11H20N2O3/c1-15-8-10(14)13-5-2-11(3-6-13)9-12-4-7-16-11/h12H,2-9H2,1H3. The lowest BCUT2D eigenvalue weighted by atomic mass is 9.90. The van der Waals surface area contributed by atoms with E-state index in [0.717, 1.165) is 45.6 Å². The minimum atomic E-state index is -0.0257. The van der Waals surface area contributed by atoms with Gasteiger partial charge in [-0.1, -0.05) is 0 Å². The average Bonchev–Trinajstić information content (AvgIpc) is 2.31. The molecule has 2 aliphatic rings. The molecule has 2 fully saturated rings. The van der Waals surface area contributed by atoms with Crippen LogP contribution >= 0.6 is 0 Å². The Labute approximate surface area is 96.1 Å². The number of rotatable bonds is 2. The van der Waals surface area contributed by atoms with Crippen LogP contribution in [0.15, 0.2) is 0 Å². The van der Waals surface area contributed by atoms with Crippen LogP contribution in [0.2, 0.25) is 0 Å². The monoisotopic (exact) mass is 228 g/mol. The minimum Gasteiger partial charge on any atom is -0.375 e. The summed E-state index contributed by atoms with van der Waals surface area (Å²) in [7, 11) is 1.55. The highest BCUT2D eigenvalue weighted by Crippen LogP contribution is 2.27. The Morgan fingerprint density at radius 3 is 2.81 bits per heavy atom. The van der Waals surface area contributed by atoms with Crippen molar-refractivity contribution in [2.75, 3.05) is 46.5 Å². The fourth-order valence-electron chi connectivity index (χ4n) is 2.41. The van der Waals surface area contributed by atoms with Gasteiger partial charge in [-0.3, -0.25) is 4.79 Å². The van der Waals surface area contributed by atoms with E-state index in [4.69, 9.17) is 9.47 Å². The lowest BCUT2D eigenvalue weighted by molar-refractivity contribution is -0.144. The molecule has 0 aromatic rings. The summed E-state index contributed by atoms with van der Waals surface area (Å²) in [5.41, 5.74) is -0.0257. The molecular weight excluding hydrogens is 208 g/mol. The molecule has 5 nitrogen and oxygen atoms in total. The number of hydrogen-bond donors (Lipinski definition) is 1. The highest BCUT2D eigenvalue weighted by Gasteiger charge is 2.37. The van der Waals surface area contributed by atoms with Gasteiger partial charge in [-0.15, -0.1) is 0 Å². The Kier molecular flexibility index (Phi) is 3.78. The van der Waals surface area contributed by atoms with E-state index in [2.05, 4.69) is 5.32 Å². The lowest BCUT2D eigenvalue weighted by Crippen LogP contribution is -2.56. The third-order valence-corrected chi connectivity index (χ3v) is 3.43. The number of morpholine rings is 1. The normalized spacial score (nSPS) is 24.7. The smallest absolute Gasteiger partial charge is 0.248 e. The number of likely N-dealkylation sites (tertiary alicyclic amines) is 1. The first kappa shape index (κ1) is 11.8. The molecule has 5 heteroatoms. The van der Waals surface area contributed by atoms with Crippen LogP contribution in [0, 0.1) is 0 Å². The van der Waals surface area contributed by atoms with Gasteiger partial charge in [0.15, 0.2) is 0 Å². The molecule has 0 aromatic carbocycles. The molecule has 0 radical (unpaired) electrons. The quantitative estimate of drug-likeness (QED) is 0.699. The van der Waals surface area contributed by atoms with Crippen LogP contribution in [0.4, 0.5) is 0 Å². The van der Waals surface area contributed by atoms with Crippen molar-refractivity contribution in [1.29, 1.82) is 0 Å². The highest BCUT2D eigenvalue weighted by molar-refractivity contribution is 5.77. The lowest BCUT2D eigenvalue weighted by Gasteiger charge is -2.44. The molecule has 92 valence electrons. The number of amides is 1. The van der Waals surface area contributed by atoms with Crippen molar-refractivity contribution in [2.45, 2.75) is 18.4 Å². The van der Waals surface area contributed by atoms with E-state index in [-0.39, 0.29) is 18.1 Å². The molecule has 16 heavy (non-hydrogen) atoms. The first-order valence-electron chi connectivity index (χ1n) is 5.87. The summed E-state index contributed by atoms with van der Waals surface area (Å²) in [6, 6.07) is 0. The Hall–Kier alpha value is -0.650. The Morgan fingerprint density at radius 2 is 2.25 bits per heavy atom. The fraction of sp³-hybridized carbons (Fsp3) is 0.909. The van der Waals surface area contributed by atoms with Crippen LogP contribution < -0.4 is 5.32 Å². The molecule has 0 aliphatic carbocycles. The van der Waals surface area contributed by atoms with Crippen LogP contribution in [0.5, 0.6) is 0 Å². The van der Waals surface area contributed by atoms with Crippen molar-refractivity contribution >= 4 is 5.91 Å². The SMILES string of the molecule is COCC(=O)N1CCC2(CC1)CNCCO2. The van der Waals surface area contributed by atoms with E-state index < -0.39 is 0 Å². The van der Waals surface area contributed by atoms with Crippen molar-refractivity contribution in [1.82, 2.24) is 10.2 Å². The number of ether oxygens (including phenoxy) is 2. The van der Waals surface area contributed by atoms with Crippen molar-refractivity contribution < 1.29 is 14.3 Å². The number of carbonyl (C=O) groups is 1. The summed E-state index contributed by atoms with van der Waals surface area (Å²) in [6.45, 7) is 4.39. The molecule has 2 aliphatic heterocycles. The minimum absolute atomic E-state index is 0.0257. The predicted octanol–water partition coefficient (Wildman–Crippen LogP) is -0.386. The molecule has 1 spiro atoms. The van der Waals surface area contributed by atoms with Crippen molar-refractivity contribution in [3.8, 4) is 0 Å². The van der Waals surface area contributed by atoms with E-state index in [1.165, 1.54) is 0 Å². The number of nitrogens with one attached hydrogen (secondary N) is 1. The molecule has 1 N–H and O–H groups in total. The molecule has 0 unspecified atom stereocenters. The third kappa shape index (κ3) is 2.53. The van der Waals surface area contributed by atoms with E-state index >= 15 is 0 Å². The summed E-state index contributed by atoms with van der Waals surface area (Å²) >= 11 is 0. The average molecular weight is 228 g/mol. The highest BCUT2D eigenvalue weighted by atomic mass is 16.5. The summed E-state index contributed by atoms with van der Waals surface area (Å²) in [6.07, 6.45) is 1.85. The summed E-state index contributed by atoms with van der Waals surface area (Å²) in [5.74, 6) is 0.0844. The summed E-state index contributed by atoms with van der Waals surface area (Å²) in [5, 5.41) is 3.36. The van der Waals surface area contributed by atoms with Gasteiger partial charge < -0.3 is 19.7 Å². The van der Waals surface area contributed by atoms with Gasteiger partial charge in [0, 0.05) is 33.3 Å². The van der Waals surface area contributed by atoms with Crippen LogP contribution in [0.1, 0.15) is 12.8 Å². The van der Waals surface area contributed by atoms with Crippen LogP contribution in [0.3, 0.4) is 0 Å². The van der Waals surface area contributed by atoms with Crippen LogP contribution in [0.25, 0.3) is 0 Å². The Morgan fingerprint density at radius 1 is 1.50 bits per heavy atom. The van der Waals surface area contributed by atoms with Gasteiger partial charge in [0.1, 0.15) is 6.61 Å². The number of methoxy groups -OCH3 is 1. The second-order valence-electron chi connectivity index (χ2n) is 4.52. The number of nitrogens with zero attached hydrogens (tertiary/aromatic N) is 1. The van der Waals surface area contributed by atoms with E-state index in [1.54, 1.807) is 7.11 Å². The van der Waals surface area contributed by atoms with Crippen molar-refractivity contribution in [2.24, 2.45) is 0 Å². The van der Waals surface area contributed by atoms with E-state index in [9.17, 15) is 4.79 Å². The maximum atomic E-state index is 11.6. The fourth-order valence-corrected chi connectivity index (χ4v) is 2.41. The number of carbonyl (C=O) groups excluding carboxylic acids is 1. The molecule has 1 amide bonds. The topological polar surface area (TPSA) is 50.8 Å². The number of hydrogen-bond acceptors (Lipinski definition) is 4. The maximum Gasteiger partial charge on any atom is 0.248 e. The first-order chi connectivity index (χ1) is 7.76. The molecule has 2 rings (SSSR count). The molecule has 0 atom stereocenters. The largest absolute Gasteiger partial charge is 0.375 e. The summed E-state index contributed by atoms with van der Waals surface area (Å²) in [4.78, 5) is 13.5. The number of piperidine rings is 1. The maximum absolute atomic E-state index is 11.6. The molecular formula is C11H20N2O3. The van der Waals surface area contributed by atoms with Crippen molar-refractivity contribution in [3.63, 3.8) is 0 Å². The zero-order chi connectivity index (χ0) is 11.4. The predicted molar refractivity (Wildman–Crippen MR) is 59.2 cm³/mol.